The summed E-state index contributed by atoms with van der Waals surface area (Å²) in [5, 5.41) is 15.5. The second-order valence-corrected chi connectivity index (χ2v) is 7.72. The van der Waals surface area contributed by atoms with Crippen LogP contribution >= 0.6 is 50.5 Å². The summed E-state index contributed by atoms with van der Waals surface area (Å²) in [6, 6.07) is 11.8. The fraction of sp³-hybridized carbons (Fsp3) is 0. The van der Waals surface area contributed by atoms with Gasteiger partial charge >= 0.3 is 0 Å². The van der Waals surface area contributed by atoms with Crippen molar-refractivity contribution in [3.05, 3.63) is 73.3 Å². The van der Waals surface area contributed by atoms with E-state index in [-0.39, 0.29) is 11.3 Å². The highest BCUT2D eigenvalue weighted by Gasteiger charge is 2.12. The van der Waals surface area contributed by atoms with E-state index in [0.29, 0.717) is 25.2 Å². The van der Waals surface area contributed by atoms with Gasteiger partial charge in [-0.15, -0.1) is 11.3 Å². The maximum Gasteiger partial charge on any atom is 0.147 e. The maximum atomic E-state index is 13.9. The summed E-state index contributed by atoms with van der Waals surface area (Å²) in [6.45, 7) is 0. The number of aromatic nitrogens is 1. The number of halogens is 4. The smallest absolute Gasteiger partial charge is 0.147 e. The van der Waals surface area contributed by atoms with Gasteiger partial charge in [0.05, 0.1) is 16.4 Å². The Balaban J connectivity index is 1.87. The maximum absolute atomic E-state index is 13.9. The molecule has 0 spiro atoms. The molecule has 26 heavy (non-hydrogen) atoms. The molecule has 0 aliphatic heterocycles. The molecule has 3 aromatic rings. The molecule has 0 fully saturated rings. The zero-order chi connectivity index (χ0) is 18.7. The van der Waals surface area contributed by atoms with Crippen molar-refractivity contribution in [1.82, 2.24) is 4.98 Å². The van der Waals surface area contributed by atoms with E-state index < -0.39 is 5.82 Å². The van der Waals surface area contributed by atoms with Crippen molar-refractivity contribution in [1.29, 1.82) is 5.26 Å². The second kappa shape index (κ2) is 8.19. The van der Waals surface area contributed by atoms with Crippen LogP contribution in [0.5, 0.6) is 0 Å². The molecule has 0 radical (unpaired) electrons. The molecule has 2 aromatic carbocycles. The van der Waals surface area contributed by atoms with Crippen molar-refractivity contribution in [3.8, 4) is 17.3 Å². The number of nitriles is 1. The van der Waals surface area contributed by atoms with Gasteiger partial charge in [0, 0.05) is 26.6 Å². The number of rotatable bonds is 4. The van der Waals surface area contributed by atoms with Crippen molar-refractivity contribution in [3.63, 3.8) is 0 Å². The van der Waals surface area contributed by atoms with Crippen molar-refractivity contribution in [2.75, 3.05) is 5.32 Å². The Kier molecular flexibility index (Phi) is 5.94. The van der Waals surface area contributed by atoms with Crippen molar-refractivity contribution >= 4 is 61.7 Å². The Hall–Kier alpha value is -1.91. The average Bonchev–Trinajstić information content (AvgIpc) is 3.06. The predicted octanol–water partition coefficient (Wildman–Crippen LogP) is 7.00. The highest BCUT2D eigenvalue weighted by molar-refractivity contribution is 9.10. The molecule has 1 N–H and O–H groups in total. The predicted molar refractivity (Wildman–Crippen MR) is 109 cm³/mol. The van der Waals surface area contributed by atoms with E-state index in [1.165, 1.54) is 23.6 Å². The van der Waals surface area contributed by atoms with Crippen LogP contribution in [0.25, 0.3) is 16.8 Å². The summed E-state index contributed by atoms with van der Waals surface area (Å²) in [4.78, 5) is 4.45. The number of hydrogen-bond donors (Lipinski definition) is 1. The van der Waals surface area contributed by atoms with Crippen molar-refractivity contribution < 1.29 is 4.39 Å². The standard InChI is InChI=1S/C18H9BrCl2FN3S/c19-11-1-4-16(15(22)5-11)24-8-10(7-23)18-25-17(9-26-18)13-3-2-12(20)6-14(13)21/h1-6,8-9,24H/b10-8+. The second-order valence-electron chi connectivity index (χ2n) is 5.10. The van der Waals surface area contributed by atoms with Crippen molar-refractivity contribution in [2.45, 2.75) is 0 Å². The number of allylic oxidation sites excluding steroid dienone is 1. The number of hydrogen-bond acceptors (Lipinski definition) is 4. The number of benzene rings is 2. The Morgan fingerprint density at radius 3 is 2.77 bits per heavy atom. The zero-order valence-electron chi connectivity index (χ0n) is 12.9. The first-order valence-corrected chi connectivity index (χ1v) is 9.64. The van der Waals surface area contributed by atoms with Crippen LogP contribution in [0.15, 0.2) is 52.5 Å². The van der Waals surface area contributed by atoms with Gasteiger partial charge in [0.25, 0.3) is 0 Å². The Bertz CT molecular complexity index is 1040. The molecule has 1 heterocycles. The van der Waals surface area contributed by atoms with Gasteiger partial charge in [-0.1, -0.05) is 39.1 Å². The summed E-state index contributed by atoms with van der Waals surface area (Å²) in [5.74, 6) is -0.430. The molecule has 3 nitrogen and oxygen atoms in total. The van der Waals surface area contributed by atoms with Gasteiger partial charge in [0.1, 0.15) is 22.5 Å². The first-order valence-electron chi connectivity index (χ1n) is 7.21. The van der Waals surface area contributed by atoms with Crippen molar-refractivity contribution in [2.24, 2.45) is 0 Å². The van der Waals surface area contributed by atoms with E-state index in [0.717, 1.165) is 5.56 Å². The van der Waals surface area contributed by atoms with Crippen LogP contribution in [0.1, 0.15) is 5.01 Å². The van der Waals surface area contributed by atoms with Gasteiger partial charge < -0.3 is 5.32 Å². The topological polar surface area (TPSA) is 48.7 Å². The lowest BCUT2D eigenvalue weighted by Gasteiger charge is -2.03. The zero-order valence-corrected chi connectivity index (χ0v) is 16.8. The molecule has 0 atom stereocenters. The monoisotopic (exact) mass is 467 g/mol. The lowest BCUT2D eigenvalue weighted by molar-refractivity contribution is 0.631. The normalized spacial score (nSPS) is 11.3. The first kappa shape index (κ1) is 18.9. The van der Waals surface area contributed by atoms with E-state index in [2.05, 4.69) is 32.3 Å². The minimum absolute atomic E-state index is 0.262. The summed E-state index contributed by atoms with van der Waals surface area (Å²) in [5.41, 5.74) is 1.91. The Labute approximate surface area is 171 Å². The molecule has 0 aliphatic rings. The van der Waals surface area contributed by atoms with Crippen LogP contribution in [0, 0.1) is 17.1 Å². The lowest BCUT2D eigenvalue weighted by Crippen LogP contribution is -1.94. The molecule has 0 saturated heterocycles. The highest BCUT2D eigenvalue weighted by atomic mass is 79.9. The third kappa shape index (κ3) is 4.25. The van der Waals surface area contributed by atoms with E-state index in [1.54, 1.807) is 35.7 Å². The van der Waals surface area contributed by atoms with Gasteiger partial charge in [-0.05, 0) is 36.4 Å². The highest BCUT2D eigenvalue weighted by Crippen LogP contribution is 2.32. The van der Waals surface area contributed by atoms with E-state index >= 15 is 0 Å². The first-order chi connectivity index (χ1) is 12.5. The molecule has 0 bridgehead atoms. The summed E-state index contributed by atoms with van der Waals surface area (Å²) >= 11 is 16.6. The SMILES string of the molecule is N#C/C(=C\Nc1ccc(Br)cc1F)c1nc(-c2ccc(Cl)cc2Cl)cs1. The summed E-state index contributed by atoms with van der Waals surface area (Å²) < 4.78 is 14.5. The fourth-order valence-corrected chi connectivity index (χ4v) is 3.74. The average molecular weight is 469 g/mol. The number of anilines is 1. The quantitative estimate of drug-likeness (QED) is 0.419. The Morgan fingerprint density at radius 2 is 2.08 bits per heavy atom. The largest absolute Gasteiger partial charge is 0.358 e. The Morgan fingerprint density at radius 1 is 1.27 bits per heavy atom. The van der Waals surface area contributed by atoms with Crippen LogP contribution in [-0.2, 0) is 0 Å². The van der Waals surface area contributed by atoms with Gasteiger partial charge in [0.15, 0.2) is 0 Å². The molecule has 130 valence electrons. The molecular formula is C18H9BrCl2FN3S. The number of nitrogens with one attached hydrogen (secondary N) is 1. The molecule has 1 aromatic heterocycles. The van der Waals surface area contributed by atoms with Crippen LogP contribution < -0.4 is 5.32 Å². The minimum atomic E-state index is -0.430. The molecule has 0 saturated carbocycles. The van der Waals surface area contributed by atoms with Crippen LogP contribution in [0.4, 0.5) is 10.1 Å². The third-order valence-corrected chi connectivity index (χ3v) is 5.28. The van der Waals surface area contributed by atoms with E-state index in [1.807, 2.05) is 0 Å². The molecule has 8 heteroatoms. The third-order valence-electron chi connectivity index (χ3n) is 3.37. The summed E-state index contributed by atoms with van der Waals surface area (Å²) in [6.07, 6.45) is 1.43. The fourth-order valence-electron chi connectivity index (χ4n) is 2.12. The lowest BCUT2D eigenvalue weighted by atomic mass is 10.2. The van der Waals surface area contributed by atoms with Gasteiger partial charge in [-0.3, -0.25) is 0 Å². The molecular weight excluding hydrogens is 460 g/mol. The molecule has 3 rings (SSSR count). The van der Waals surface area contributed by atoms with E-state index in [4.69, 9.17) is 23.2 Å². The van der Waals surface area contributed by atoms with Crippen LogP contribution in [0.3, 0.4) is 0 Å². The van der Waals surface area contributed by atoms with Gasteiger partial charge in [-0.25, -0.2) is 9.37 Å². The minimum Gasteiger partial charge on any atom is -0.358 e. The molecule has 0 aliphatic carbocycles. The molecule has 0 amide bonds. The van der Waals surface area contributed by atoms with Crippen LogP contribution in [0.2, 0.25) is 10.0 Å². The molecule has 0 unspecified atom stereocenters. The number of thiazole rings is 1. The van der Waals surface area contributed by atoms with Crippen LogP contribution in [-0.4, -0.2) is 4.98 Å². The van der Waals surface area contributed by atoms with Gasteiger partial charge in [-0.2, -0.15) is 5.26 Å². The van der Waals surface area contributed by atoms with E-state index in [9.17, 15) is 9.65 Å². The number of nitrogens with zero attached hydrogens (tertiary/aromatic N) is 2. The summed E-state index contributed by atoms with van der Waals surface area (Å²) in [7, 11) is 0. The van der Waals surface area contributed by atoms with Gasteiger partial charge in [0.2, 0.25) is 0 Å².